The first kappa shape index (κ1) is 22.5. The lowest BCUT2D eigenvalue weighted by atomic mass is 9.96. The Morgan fingerprint density at radius 3 is 2.83 bits per heavy atom. The van der Waals surface area contributed by atoms with Crippen molar-refractivity contribution >= 4 is 29.3 Å². The third-order valence-electron chi connectivity index (χ3n) is 5.34. The third-order valence-corrected chi connectivity index (χ3v) is 5.98. The monoisotopic (exact) mass is 437 g/mol. The summed E-state index contributed by atoms with van der Waals surface area (Å²) in [5.74, 6) is 0.205. The van der Waals surface area contributed by atoms with Gasteiger partial charge in [0, 0.05) is 36.7 Å². The molecule has 10 heteroatoms. The van der Waals surface area contributed by atoms with E-state index in [0.717, 1.165) is 12.8 Å². The highest BCUT2D eigenvalue weighted by atomic mass is 32.2. The number of rotatable bonds is 8. The van der Waals surface area contributed by atoms with Crippen LogP contribution in [0.5, 0.6) is 0 Å². The average Bonchev–Trinajstić information content (AvgIpc) is 3.31. The molecule has 1 aromatic rings. The van der Waals surface area contributed by atoms with Gasteiger partial charge in [-0.2, -0.15) is 11.8 Å². The highest BCUT2D eigenvalue weighted by Crippen LogP contribution is 2.25. The highest BCUT2D eigenvalue weighted by Gasteiger charge is 2.35. The quantitative estimate of drug-likeness (QED) is 0.489. The fraction of sp³-hybridized carbons (Fsp3) is 0.600. The minimum absolute atomic E-state index is 0.124. The number of nitro groups is 1. The molecule has 0 aliphatic carbocycles. The lowest BCUT2D eigenvalue weighted by Gasteiger charge is -2.36. The van der Waals surface area contributed by atoms with Crippen LogP contribution in [0, 0.1) is 16.0 Å². The lowest BCUT2D eigenvalue weighted by molar-refractivity contribution is -0.384. The number of carbonyl (C=O) groups excluding carboxylic acids is 2. The van der Waals surface area contributed by atoms with Crippen LogP contribution in [0.25, 0.3) is 0 Å². The summed E-state index contributed by atoms with van der Waals surface area (Å²) in [5.41, 5.74) is 0.000467. The largest absolute Gasteiger partial charge is 0.350 e. The third kappa shape index (κ3) is 5.71. The van der Waals surface area contributed by atoms with Gasteiger partial charge < -0.3 is 19.7 Å². The normalized spacial score (nSPS) is 20.7. The Balaban J connectivity index is 1.68. The molecule has 0 radical (unpaired) electrons. The first-order chi connectivity index (χ1) is 14.5. The maximum atomic E-state index is 13.2. The number of nitro benzene ring substituents is 1. The van der Waals surface area contributed by atoms with Crippen LogP contribution in [-0.2, 0) is 14.3 Å². The Labute approximate surface area is 179 Å². The predicted octanol–water partition coefficient (Wildman–Crippen LogP) is 2.06. The average molecular weight is 438 g/mol. The number of likely N-dealkylation sites (tertiary alicyclic amines) is 1. The van der Waals surface area contributed by atoms with E-state index in [0.29, 0.717) is 38.5 Å². The van der Waals surface area contributed by atoms with Crippen LogP contribution < -0.4 is 5.32 Å². The molecule has 164 valence electrons. The molecule has 0 saturated carbocycles. The second-order valence-corrected chi connectivity index (χ2v) is 8.40. The summed E-state index contributed by atoms with van der Waals surface area (Å²) >= 11 is 1.59. The number of non-ortho nitro benzene ring substituents is 1. The zero-order valence-electron chi connectivity index (χ0n) is 17.0. The van der Waals surface area contributed by atoms with Gasteiger partial charge in [0.05, 0.1) is 18.1 Å². The summed E-state index contributed by atoms with van der Waals surface area (Å²) < 4.78 is 11.2. The van der Waals surface area contributed by atoms with Gasteiger partial charge in [-0.1, -0.05) is 6.07 Å². The van der Waals surface area contributed by atoms with Crippen molar-refractivity contribution in [3.05, 3.63) is 39.9 Å². The number of thioether (sulfide) groups is 1. The molecule has 2 fully saturated rings. The molecular weight excluding hydrogens is 410 g/mol. The van der Waals surface area contributed by atoms with Crippen molar-refractivity contribution in [3.63, 3.8) is 0 Å². The van der Waals surface area contributed by atoms with Crippen LogP contribution in [0.3, 0.4) is 0 Å². The molecule has 0 bridgehead atoms. The fourth-order valence-corrected chi connectivity index (χ4v) is 4.27. The van der Waals surface area contributed by atoms with E-state index < -0.39 is 16.9 Å². The fourth-order valence-electron chi connectivity index (χ4n) is 3.80. The van der Waals surface area contributed by atoms with E-state index in [2.05, 4.69) is 5.32 Å². The van der Waals surface area contributed by atoms with E-state index >= 15 is 0 Å². The van der Waals surface area contributed by atoms with Crippen LogP contribution in [0.1, 0.15) is 29.6 Å². The number of amides is 2. The van der Waals surface area contributed by atoms with Gasteiger partial charge in [0.1, 0.15) is 6.04 Å². The summed E-state index contributed by atoms with van der Waals surface area (Å²) in [6.07, 6.45) is 3.94. The van der Waals surface area contributed by atoms with Crippen LogP contribution in [0.4, 0.5) is 5.69 Å². The van der Waals surface area contributed by atoms with Gasteiger partial charge in [0.2, 0.25) is 5.91 Å². The van der Waals surface area contributed by atoms with Crippen LogP contribution >= 0.6 is 11.8 Å². The summed E-state index contributed by atoms with van der Waals surface area (Å²) in [4.78, 5) is 38.1. The Bertz CT molecular complexity index is 771. The van der Waals surface area contributed by atoms with Crippen molar-refractivity contribution in [3.8, 4) is 0 Å². The van der Waals surface area contributed by atoms with Gasteiger partial charge >= 0.3 is 0 Å². The van der Waals surface area contributed by atoms with Gasteiger partial charge in [-0.25, -0.2) is 0 Å². The number of hydrogen-bond donors (Lipinski definition) is 1. The number of nitrogens with one attached hydrogen (secondary N) is 1. The van der Waals surface area contributed by atoms with Crippen LogP contribution in [0.2, 0.25) is 0 Å². The summed E-state index contributed by atoms with van der Waals surface area (Å²) in [7, 11) is 0. The predicted molar refractivity (Wildman–Crippen MR) is 112 cm³/mol. The standard InChI is InChI=1S/C20H27N3O6S/c1-30-11-7-17(21-18(24)14-4-2-6-16(12-14)23(26)27)19(25)22-8-3-5-15(13-22)20-28-9-10-29-20/h2,4,6,12,15,17,20H,3,5,7-11,13H2,1H3,(H,21,24). The van der Waals surface area contributed by atoms with Crippen LogP contribution in [0.15, 0.2) is 24.3 Å². The smallest absolute Gasteiger partial charge is 0.270 e. The number of piperidine rings is 1. The van der Waals surface area contributed by atoms with E-state index in [4.69, 9.17) is 9.47 Å². The minimum Gasteiger partial charge on any atom is -0.350 e. The molecule has 30 heavy (non-hydrogen) atoms. The SMILES string of the molecule is CSCCC(NC(=O)c1cccc([N+](=O)[O-])c1)C(=O)N1CCCC(C2OCCO2)C1. The van der Waals surface area contributed by atoms with Crippen molar-refractivity contribution in [2.24, 2.45) is 5.92 Å². The van der Waals surface area contributed by atoms with Crippen molar-refractivity contribution in [2.45, 2.75) is 31.6 Å². The van der Waals surface area contributed by atoms with E-state index in [1.807, 2.05) is 6.26 Å². The molecule has 2 aliphatic heterocycles. The molecule has 2 heterocycles. The number of nitrogens with zero attached hydrogens (tertiary/aromatic N) is 2. The molecule has 2 saturated heterocycles. The van der Waals surface area contributed by atoms with Crippen molar-refractivity contribution in [1.82, 2.24) is 10.2 Å². The Hall–Kier alpha value is -2.17. The molecule has 1 aromatic carbocycles. The Kier molecular flexibility index (Phi) is 8.06. The molecule has 2 amide bonds. The molecule has 1 N–H and O–H groups in total. The molecular formula is C20H27N3O6S. The topological polar surface area (TPSA) is 111 Å². The zero-order chi connectivity index (χ0) is 21.5. The molecule has 0 aromatic heterocycles. The second kappa shape index (κ2) is 10.7. The molecule has 3 rings (SSSR count). The van der Waals surface area contributed by atoms with Gasteiger partial charge in [-0.05, 0) is 37.3 Å². The van der Waals surface area contributed by atoms with E-state index in [1.165, 1.54) is 24.3 Å². The molecule has 2 unspecified atom stereocenters. The first-order valence-corrected chi connectivity index (χ1v) is 11.4. The van der Waals surface area contributed by atoms with Crippen molar-refractivity contribution in [2.75, 3.05) is 38.3 Å². The molecule has 2 atom stereocenters. The summed E-state index contributed by atoms with van der Waals surface area (Å²) in [6, 6.07) is 4.83. The number of hydrogen-bond acceptors (Lipinski definition) is 7. The molecule has 2 aliphatic rings. The Morgan fingerprint density at radius 1 is 1.37 bits per heavy atom. The Morgan fingerprint density at radius 2 is 2.13 bits per heavy atom. The maximum Gasteiger partial charge on any atom is 0.270 e. The van der Waals surface area contributed by atoms with Gasteiger partial charge in [0.25, 0.3) is 11.6 Å². The second-order valence-electron chi connectivity index (χ2n) is 7.41. The lowest BCUT2D eigenvalue weighted by Crippen LogP contribution is -2.52. The van der Waals surface area contributed by atoms with Gasteiger partial charge in [-0.15, -0.1) is 0 Å². The van der Waals surface area contributed by atoms with Gasteiger partial charge in [0.15, 0.2) is 6.29 Å². The van der Waals surface area contributed by atoms with Crippen LogP contribution in [-0.4, -0.2) is 72.3 Å². The zero-order valence-corrected chi connectivity index (χ0v) is 17.8. The van der Waals surface area contributed by atoms with E-state index in [9.17, 15) is 19.7 Å². The maximum absolute atomic E-state index is 13.2. The number of carbonyl (C=O) groups is 2. The van der Waals surface area contributed by atoms with E-state index in [1.54, 1.807) is 16.7 Å². The van der Waals surface area contributed by atoms with Crippen molar-refractivity contribution < 1.29 is 24.0 Å². The van der Waals surface area contributed by atoms with Crippen molar-refractivity contribution in [1.29, 1.82) is 0 Å². The van der Waals surface area contributed by atoms with Gasteiger partial charge in [-0.3, -0.25) is 19.7 Å². The highest BCUT2D eigenvalue weighted by molar-refractivity contribution is 7.98. The van der Waals surface area contributed by atoms with E-state index in [-0.39, 0.29) is 29.4 Å². The molecule has 9 nitrogen and oxygen atoms in total. The first-order valence-electron chi connectivity index (χ1n) is 10.1. The number of benzene rings is 1. The summed E-state index contributed by atoms with van der Waals surface area (Å²) in [5, 5.41) is 13.8. The number of ether oxygens (including phenoxy) is 2. The summed E-state index contributed by atoms with van der Waals surface area (Å²) in [6.45, 7) is 2.31. The molecule has 0 spiro atoms. The minimum atomic E-state index is -0.687.